The van der Waals surface area contributed by atoms with Gasteiger partial charge in [0.05, 0.1) is 5.69 Å². The Kier molecular flexibility index (Phi) is 5.85. The minimum Gasteiger partial charge on any atom is -0.478 e. The first-order valence-electron chi connectivity index (χ1n) is 5.59. The average Bonchev–Trinajstić information content (AvgIpc) is 2.35. The monoisotopic (exact) mass is 304 g/mol. The van der Waals surface area contributed by atoms with Crippen molar-refractivity contribution < 1.29 is 32.6 Å². The van der Waals surface area contributed by atoms with Crippen LogP contribution >= 0.6 is 0 Å². The zero-order chi connectivity index (χ0) is 15.9. The van der Waals surface area contributed by atoms with Crippen LogP contribution in [0.3, 0.4) is 0 Å². The van der Waals surface area contributed by atoms with Crippen LogP contribution in [0.1, 0.15) is 5.69 Å². The van der Waals surface area contributed by atoms with Crippen LogP contribution in [0.2, 0.25) is 0 Å². The van der Waals surface area contributed by atoms with Gasteiger partial charge in [-0.1, -0.05) is 6.07 Å². The van der Waals surface area contributed by atoms with Gasteiger partial charge in [-0.3, -0.25) is 4.79 Å². The van der Waals surface area contributed by atoms with Crippen LogP contribution in [0.15, 0.2) is 24.3 Å². The number of alkyl halides is 3. The summed E-state index contributed by atoms with van der Waals surface area (Å²) in [7, 11) is 0. The van der Waals surface area contributed by atoms with Crippen molar-refractivity contribution in [2.45, 2.75) is 6.18 Å². The van der Waals surface area contributed by atoms with E-state index in [1.807, 2.05) is 0 Å². The maximum absolute atomic E-state index is 11.8. The smallest absolute Gasteiger partial charge is 0.411 e. The predicted octanol–water partition coefficient (Wildman–Crippen LogP) is 1.70. The van der Waals surface area contributed by atoms with E-state index in [-0.39, 0.29) is 11.5 Å². The summed E-state index contributed by atoms with van der Waals surface area (Å²) in [5, 5.41) is 10.7. The third-order valence-electron chi connectivity index (χ3n) is 1.93. The van der Waals surface area contributed by atoms with Crippen LogP contribution in [0.5, 0.6) is 0 Å². The Bertz CT molecular complexity index is 544. The molecule has 2 N–H and O–H groups in total. The standard InChI is InChI=1S/C12H11F3N2O4/c13-12(14,15)7-21-6-10(18)17-9-3-1-2-8(16-9)4-5-11(19)20/h1-5H,6-7H2,(H,19,20)(H,16,17,18)/b5-4+. The first-order chi connectivity index (χ1) is 9.76. The molecule has 1 aromatic heterocycles. The number of anilines is 1. The second-order valence-corrected chi connectivity index (χ2v) is 3.78. The van der Waals surface area contributed by atoms with Crippen LogP contribution in [-0.2, 0) is 14.3 Å². The number of hydrogen-bond donors (Lipinski definition) is 2. The zero-order valence-corrected chi connectivity index (χ0v) is 10.6. The van der Waals surface area contributed by atoms with Crippen LogP contribution in [0, 0.1) is 0 Å². The fourth-order valence-corrected chi connectivity index (χ4v) is 1.21. The summed E-state index contributed by atoms with van der Waals surface area (Å²) in [5.74, 6) is -1.89. The van der Waals surface area contributed by atoms with Crippen molar-refractivity contribution in [3.8, 4) is 0 Å². The predicted molar refractivity (Wildman–Crippen MR) is 66.4 cm³/mol. The number of aliphatic carboxylic acids is 1. The summed E-state index contributed by atoms with van der Waals surface area (Å²) in [4.78, 5) is 25.5. The van der Waals surface area contributed by atoms with E-state index in [9.17, 15) is 22.8 Å². The fraction of sp³-hybridized carbons (Fsp3) is 0.250. The number of rotatable bonds is 6. The number of hydrogen-bond acceptors (Lipinski definition) is 4. The lowest BCUT2D eigenvalue weighted by Gasteiger charge is -2.08. The number of halogens is 3. The molecule has 1 aromatic rings. The summed E-state index contributed by atoms with van der Waals surface area (Å²) in [6, 6.07) is 4.40. The molecule has 1 amide bonds. The van der Waals surface area contributed by atoms with Crippen LogP contribution in [0.25, 0.3) is 6.08 Å². The summed E-state index contributed by atoms with van der Waals surface area (Å²) in [6.45, 7) is -2.29. The molecule has 0 aliphatic rings. The second kappa shape index (κ2) is 7.39. The lowest BCUT2D eigenvalue weighted by molar-refractivity contribution is -0.174. The molecule has 0 saturated heterocycles. The zero-order valence-electron chi connectivity index (χ0n) is 10.6. The number of pyridine rings is 1. The summed E-state index contributed by atoms with van der Waals surface area (Å²) >= 11 is 0. The topological polar surface area (TPSA) is 88.5 Å². The molecular formula is C12H11F3N2O4. The Labute approximate surface area is 117 Å². The molecule has 0 bridgehead atoms. The van der Waals surface area contributed by atoms with Crippen molar-refractivity contribution in [2.24, 2.45) is 0 Å². The van der Waals surface area contributed by atoms with Gasteiger partial charge >= 0.3 is 12.1 Å². The van der Waals surface area contributed by atoms with E-state index in [2.05, 4.69) is 15.0 Å². The molecule has 9 heteroatoms. The Morgan fingerprint density at radius 1 is 1.38 bits per heavy atom. The molecule has 0 fully saturated rings. The normalized spacial score (nSPS) is 11.6. The number of nitrogens with zero attached hydrogens (tertiary/aromatic N) is 1. The molecule has 0 radical (unpaired) electrons. The number of carboxylic acids is 1. The van der Waals surface area contributed by atoms with Gasteiger partial charge in [-0.25, -0.2) is 9.78 Å². The largest absolute Gasteiger partial charge is 0.478 e. The Hall–Kier alpha value is -2.42. The Balaban J connectivity index is 2.53. The van der Waals surface area contributed by atoms with E-state index in [0.717, 1.165) is 6.08 Å². The van der Waals surface area contributed by atoms with Gasteiger partial charge in [0.25, 0.3) is 5.91 Å². The average molecular weight is 304 g/mol. The van der Waals surface area contributed by atoms with Gasteiger partial charge < -0.3 is 15.2 Å². The van der Waals surface area contributed by atoms with Crippen LogP contribution in [-0.4, -0.2) is 41.4 Å². The number of aromatic nitrogens is 1. The minimum absolute atomic E-state index is 0.0724. The Morgan fingerprint density at radius 3 is 2.71 bits per heavy atom. The SMILES string of the molecule is O=C(O)/C=C/c1cccc(NC(=O)COCC(F)(F)F)n1. The molecule has 0 aliphatic carbocycles. The first kappa shape index (κ1) is 16.6. The molecule has 114 valence electrons. The second-order valence-electron chi connectivity index (χ2n) is 3.78. The molecule has 0 spiro atoms. The quantitative estimate of drug-likeness (QED) is 0.781. The molecule has 0 aromatic carbocycles. The lowest BCUT2D eigenvalue weighted by Crippen LogP contribution is -2.24. The molecule has 1 heterocycles. The number of carbonyl (C=O) groups excluding carboxylic acids is 1. The van der Waals surface area contributed by atoms with Gasteiger partial charge in [0.1, 0.15) is 19.0 Å². The van der Waals surface area contributed by atoms with Gasteiger partial charge in [-0.15, -0.1) is 0 Å². The van der Waals surface area contributed by atoms with Gasteiger partial charge in [0.2, 0.25) is 0 Å². The van der Waals surface area contributed by atoms with E-state index >= 15 is 0 Å². The number of nitrogens with one attached hydrogen (secondary N) is 1. The van der Waals surface area contributed by atoms with Crippen molar-refractivity contribution in [3.05, 3.63) is 30.0 Å². The van der Waals surface area contributed by atoms with E-state index in [1.165, 1.54) is 24.3 Å². The molecule has 21 heavy (non-hydrogen) atoms. The summed E-state index contributed by atoms with van der Waals surface area (Å²) in [5.41, 5.74) is 0.270. The maximum atomic E-state index is 11.8. The van der Waals surface area contributed by atoms with Crippen LogP contribution < -0.4 is 5.32 Å². The third-order valence-corrected chi connectivity index (χ3v) is 1.93. The van der Waals surface area contributed by atoms with Gasteiger partial charge in [0, 0.05) is 6.08 Å². The van der Waals surface area contributed by atoms with Crippen molar-refractivity contribution in [1.29, 1.82) is 0 Å². The van der Waals surface area contributed by atoms with E-state index in [0.29, 0.717) is 0 Å². The van der Waals surface area contributed by atoms with E-state index < -0.39 is 31.3 Å². The highest BCUT2D eigenvalue weighted by Gasteiger charge is 2.27. The van der Waals surface area contributed by atoms with Crippen LogP contribution in [0.4, 0.5) is 19.0 Å². The van der Waals surface area contributed by atoms with E-state index in [1.54, 1.807) is 0 Å². The maximum Gasteiger partial charge on any atom is 0.411 e. The summed E-state index contributed by atoms with van der Waals surface area (Å²) < 4.78 is 39.6. The molecule has 1 rings (SSSR count). The highest BCUT2D eigenvalue weighted by Crippen LogP contribution is 2.14. The van der Waals surface area contributed by atoms with Crippen molar-refractivity contribution in [3.63, 3.8) is 0 Å². The highest BCUT2D eigenvalue weighted by molar-refractivity contribution is 5.91. The molecular weight excluding hydrogens is 293 g/mol. The Morgan fingerprint density at radius 2 is 2.10 bits per heavy atom. The fourth-order valence-electron chi connectivity index (χ4n) is 1.21. The molecule has 0 aliphatic heterocycles. The lowest BCUT2D eigenvalue weighted by atomic mass is 10.3. The van der Waals surface area contributed by atoms with Crippen molar-refractivity contribution in [1.82, 2.24) is 4.98 Å². The van der Waals surface area contributed by atoms with Gasteiger partial charge in [-0.05, 0) is 18.2 Å². The molecule has 0 unspecified atom stereocenters. The number of ether oxygens (including phenoxy) is 1. The molecule has 0 atom stereocenters. The third kappa shape index (κ3) is 7.67. The molecule has 6 nitrogen and oxygen atoms in total. The molecule has 0 saturated carbocycles. The van der Waals surface area contributed by atoms with Crippen molar-refractivity contribution in [2.75, 3.05) is 18.5 Å². The van der Waals surface area contributed by atoms with Crippen molar-refractivity contribution >= 4 is 23.8 Å². The first-order valence-corrected chi connectivity index (χ1v) is 5.59. The van der Waals surface area contributed by atoms with E-state index in [4.69, 9.17) is 5.11 Å². The van der Waals surface area contributed by atoms with Gasteiger partial charge in [-0.2, -0.15) is 13.2 Å². The highest BCUT2D eigenvalue weighted by atomic mass is 19.4. The number of carboxylic acid groups (broad SMARTS) is 1. The minimum atomic E-state index is -4.50. The number of carbonyl (C=O) groups is 2. The summed E-state index contributed by atoms with van der Waals surface area (Å²) in [6.07, 6.45) is -2.43. The van der Waals surface area contributed by atoms with Gasteiger partial charge in [0.15, 0.2) is 0 Å². The number of amides is 1.